The summed E-state index contributed by atoms with van der Waals surface area (Å²) in [5.74, 6) is 0.995. The summed E-state index contributed by atoms with van der Waals surface area (Å²) in [6.07, 6.45) is 3.60. The fourth-order valence-corrected chi connectivity index (χ4v) is 2.40. The summed E-state index contributed by atoms with van der Waals surface area (Å²) in [6, 6.07) is 14.2. The smallest absolute Gasteiger partial charge is 0.132 e. The first-order chi connectivity index (χ1) is 9.81. The number of hydrogen-bond acceptors (Lipinski definition) is 3. The minimum Gasteiger partial charge on any atom is -0.373 e. The lowest BCUT2D eigenvalue weighted by molar-refractivity contribution is 0.778. The minimum absolute atomic E-state index is 0.976. The molecule has 0 aliphatic heterocycles. The van der Waals surface area contributed by atoms with Crippen molar-refractivity contribution in [1.29, 1.82) is 0 Å². The number of aryl methyl sites for hydroxylation is 1. The summed E-state index contributed by atoms with van der Waals surface area (Å²) in [5.41, 5.74) is 4.29. The van der Waals surface area contributed by atoms with E-state index in [-0.39, 0.29) is 0 Å². The molecule has 0 unspecified atom stereocenters. The van der Waals surface area contributed by atoms with E-state index in [9.17, 15) is 0 Å². The summed E-state index contributed by atoms with van der Waals surface area (Å²) in [5, 5.41) is 7.89. The highest BCUT2D eigenvalue weighted by Gasteiger charge is 2.18. The Morgan fingerprint density at radius 2 is 1.65 bits per heavy atom. The predicted molar refractivity (Wildman–Crippen MR) is 81.4 cm³/mol. The van der Waals surface area contributed by atoms with Crippen molar-refractivity contribution in [2.45, 2.75) is 0 Å². The van der Waals surface area contributed by atoms with E-state index in [0.29, 0.717) is 0 Å². The van der Waals surface area contributed by atoms with Crippen LogP contribution < -0.4 is 5.32 Å². The monoisotopic (exact) mass is 264 g/mol. The van der Waals surface area contributed by atoms with Crippen LogP contribution in [0.5, 0.6) is 0 Å². The second-order valence-electron chi connectivity index (χ2n) is 4.55. The lowest BCUT2D eigenvalue weighted by Crippen LogP contribution is -1.99. The summed E-state index contributed by atoms with van der Waals surface area (Å²) in [7, 11) is 3.86. The van der Waals surface area contributed by atoms with Gasteiger partial charge in [-0.15, -0.1) is 0 Å². The molecule has 0 spiro atoms. The van der Waals surface area contributed by atoms with Crippen molar-refractivity contribution in [2.75, 3.05) is 12.4 Å². The topological polar surface area (TPSA) is 42.7 Å². The van der Waals surface area contributed by atoms with E-state index in [0.717, 1.165) is 28.2 Å². The fraction of sp³-hybridized carbons (Fsp3) is 0.125. The number of benzene rings is 1. The molecule has 4 nitrogen and oxygen atoms in total. The van der Waals surface area contributed by atoms with Crippen LogP contribution in [-0.2, 0) is 7.05 Å². The van der Waals surface area contributed by atoms with Gasteiger partial charge in [-0.05, 0) is 17.7 Å². The van der Waals surface area contributed by atoms with Crippen molar-refractivity contribution in [2.24, 2.45) is 7.05 Å². The quantitative estimate of drug-likeness (QED) is 0.790. The summed E-state index contributed by atoms with van der Waals surface area (Å²) in [6.45, 7) is 0. The molecule has 3 aromatic rings. The number of nitrogens with one attached hydrogen (secondary N) is 1. The maximum atomic E-state index is 4.66. The Kier molecular flexibility index (Phi) is 3.21. The molecule has 1 aromatic carbocycles. The third-order valence-electron chi connectivity index (χ3n) is 3.30. The highest BCUT2D eigenvalue weighted by Crippen LogP contribution is 2.36. The number of aromatic nitrogens is 3. The van der Waals surface area contributed by atoms with Gasteiger partial charge in [0, 0.05) is 32.1 Å². The number of pyridine rings is 1. The van der Waals surface area contributed by atoms with Crippen LogP contribution in [0.1, 0.15) is 0 Å². The van der Waals surface area contributed by atoms with E-state index in [1.165, 1.54) is 0 Å². The fourth-order valence-electron chi connectivity index (χ4n) is 2.40. The Morgan fingerprint density at radius 3 is 2.30 bits per heavy atom. The summed E-state index contributed by atoms with van der Waals surface area (Å²) in [4.78, 5) is 4.09. The molecule has 0 saturated heterocycles. The summed E-state index contributed by atoms with van der Waals surface area (Å²) >= 11 is 0. The van der Waals surface area contributed by atoms with E-state index in [1.54, 1.807) is 12.4 Å². The lowest BCUT2D eigenvalue weighted by Gasteiger charge is -2.06. The number of nitrogens with zero attached hydrogens (tertiary/aromatic N) is 3. The van der Waals surface area contributed by atoms with Gasteiger partial charge < -0.3 is 5.32 Å². The maximum Gasteiger partial charge on any atom is 0.132 e. The molecule has 20 heavy (non-hydrogen) atoms. The van der Waals surface area contributed by atoms with E-state index < -0.39 is 0 Å². The normalized spacial score (nSPS) is 10.5. The molecule has 1 N–H and O–H groups in total. The van der Waals surface area contributed by atoms with Gasteiger partial charge in [-0.3, -0.25) is 9.67 Å². The molecule has 0 fully saturated rings. The number of rotatable bonds is 3. The molecule has 0 aliphatic rings. The van der Waals surface area contributed by atoms with Crippen LogP contribution in [0.2, 0.25) is 0 Å². The molecule has 0 radical (unpaired) electrons. The molecule has 2 aromatic heterocycles. The van der Waals surface area contributed by atoms with Crippen molar-refractivity contribution in [3.8, 4) is 22.4 Å². The van der Waals surface area contributed by atoms with Gasteiger partial charge in [-0.25, -0.2) is 0 Å². The van der Waals surface area contributed by atoms with Gasteiger partial charge in [0.25, 0.3) is 0 Å². The first-order valence-electron chi connectivity index (χ1n) is 6.52. The van der Waals surface area contributed by atoms with E-state index >= 15 is 0 Å². The average Bonchev–Trinajstić information content (AvgIpc) is 2.85. The van der Waals surface area contributed by atoms with Gasteiger partial charge in [0.1, 0.15) is 11.5 Å². The van der Waals surface area contributed by atoms with Crippen LogP contribution in [0.4, 0.5) is 5.82 Å². The maximum absolute atomic E-state index is 4.66. The predicted octanol–water partition coefficient (Wildman–Crippen LogP) is 3.19. The molecule has 2 heterocycles. The molecular weight excluding hydrogens is 248 g/mol. The van der Waals surface area contributed by atoms with E-state index in [4.69, 9.17) is 0 Å². The Morgan fingerprint density at radius 1 is 0.950 bits per heavy atom. The van der Waals surface area contributed by atoms with Crippen molar-refractivity contribution < 1.29 is 0 Å². The van der Waals surface area contributed by atoms with Crippen molar-refractivity contribution in [1.82, 2.24) is 14.8 Å². The van der Waals surface area contributed by atoms with Crippen LogP contribution in [0.3, 0.4) is 0 Å². The van der Waals surface area contributed by atoms with Crippen LogP contribution in [0.25, 0.3) is 22.4 Å². The molecule has 0 bridgehead atoms. The van der Waals surface area contributed by atoms with Crippen LogP contribution in [-0.4, -0.2) is 21.8 Å². The Bertz CT molecular complexity index is 702. The Hall–Kier alpha value is -2.62. The largest absolute Gasteiger partial charge is 0.373 e. The molecular formula is C16H16N4. The molecule has 0 atom stereocenters. The van der Waals surface area contributed by atoms with E-state index in [1.807, 2.05) is 49.1 Å². The summed E-state index contributed by atoms with van der Waals surface area (Å²) < 4.78 is 1.87. The second kappa shape index (κ2) is 5.17. The molecule has 4 heteroatoms. The van der Waals surface area contributed by atoms with Gasteiger partial charge in [0.2, 0.25) is 0 Å². The van der Waals surface area contributed by atoms with Crippen LogP contribution in [0, 0.1) is 0 Å². The average molecular weight is 264 g/mol. The highest BCUT2D eigenvalue weighted by molar-refractivity contribution is 5.88. The molecule has 3 rings (SSSR count). The standard InChI is InChI=1S/C16H16N4/c1-17-16-14(12-8-10-18-11-9-12)15(19-20(16)2)13-6-4-3-5-7-13/h3-11,17H,1-2H3. The number of hydrogen-bond donors (Lipinski definition) is 1. The molecule has 0 aliphatic carbocycles. The zero-order chi connectivity index (χ0) is 13.9. The molecule has 100 valence electrons. The van der Waals surface area contributed by atoms with Crippen molar-refractivity contribution in [3.05, 3.63) is 54.9 Å². The SMILES string of the molecule is CNc1c(-c2ccncc2)c(-c2ccccc2)nn1C. The van der Waals surface area contributed by atoms with Crippen LogP contribution in [0.15, 0.2) is 54.9 Å². The van der Waals surface area contributed by atoms with Gasteiger partial charge in [0.15, 0.2) is 0 Å². The molecule has 0 saturated carbocycles. The van der Waals surface area contributed by atoms with Gasteiger partial charge in [0.05, 0.1) is 5.56 Å². The zero-order valence-electron chi connectivity index (χ0n) is 11.5. The van der Waals surface area contributed by atoms with Crippen LogP contribution >= 0.6 is 0 Å². The van der Waals surface area contributed by atoms with Crippen molar-refractivity contribution >= 4 is 5.82 Å². The third-order valence-corrected chi connectivity index (χ3v) is 3.30. The van der Waals surface area contributed by atoms with E-state index in [2.05, 4.69) is 27.5 Å². The lowest BCUT2D eigenvalue weighted by atomic mass is 10.0. The minimum atomic E-state index is 0.976. The first kappa shape index (κ1) is 12.4. The zero-order valence-corrected chi connectivity index (χ0v) is 11.5. The molecule has 0 amide bonds. The van der Waals surface area contributed by atoms with Gasteiger partial charge in [-0.2, -0.15) is 5.10 Å². The Labute approximate surface area is 118 Å². The second-order valence-corrected chi connectivity index (χ2v) is 4.55. The van der Waals surface area contributed by atoms with Crippen molar-refractivity contribution in [3.63, 3.8) is 0 Å². The highest BCUT2D eigenvalue weighted by atomic mass is 15.3. The third kappa shape index (κ3) is 2.05. The number of anilines is 1. The van der Waals surface area contributed by atoms with Gasteiger partial charge >= 0.3 is 0 Å². The Balaban J connectivity index is 2.26. The van der Waals surface area contributed by atoms with Gasteiger partial charge in [-0.1, -0.05) is 30.3 Å². The first-order valence-corrected chi connectivity index (χ1v) is 6.52.